The smallest absolute Gasteiger partial charge is 0.0497 e. The molecular weight excluding hydrogens is 208 g/mol. The topological polar surface area (TPSA) is 20.2 Å². The van der Waals surface area contributed by atoms with Crippen LogP contribution in [-0.2, 0) is 0 Å². The summed E-state index contributed by atoms with van der Waals surface area (Å²) in [7, 11) is 0. The summed E-state index contributed by atoms with van der Waals surface area (Å²) in [6, 6.07) is 11.9. The van der Waals surface area contributed by atoms with Crippen molar-refractivity contribution in [3.05, 3.63) is 47.0 Å². The minimum atomic E-state index is 0.146. The minimum absolute atomic E-state index is 0.146. The quantitative estimate of drug-likeness (QED) is 0.820. The van der Waals surface area contributed by atoms with Crippen molar-refractivity contribution in [2.75, 3.05) is 6.61 Å². The summed E-state index contributed by atoms with van der Waals surface area (Å²) in [6.07, 6.45) is 0. The minimum Gasteiger partial charge on any atom is -0.396 e. The Morgan fingerprint density at radius 2 is 1.80 bits per heavy atom. The second kappa shape index (κ2) is 4.21. The molecule has 0 heterocycles. The number of fused-ring (bicyclic) bond motifs is 1. The molecule has 2 heteroatoms. The van der Waals surface area contributed by atoms with Crippen LogP contribution in [0.1, 0.15) is 18.4 Å². The predicted molar refractivity (Wildman–Crippen MR) is 64.5 cm³/mol. The van der Waals surface area contributed by atoms with Crippen LogP contribution < -0.4 is 0 Å². The monoisotopic (exact) mass is 220 g/mol. The van der Waals surface area contributed by atoms with Crippen molar-refractivity contribution in [3.8, 4) is 0 Å². The van der Waals surface area contributed by atoms with E-state index in [9.17, 15) is 5.11 Å². The molecule has 0 spiro atoms. The second-order valence-corrected chi connectivity index (χ2v) is 4.17. The lowest BCUT2D eigenvalue weighted by Crippen LogP contribution is -1.99. The fourth-order valence-electron chi connectivity index (χ4n) is 1.82. The van der Waals surface area contributed by atoms with Gasteiger partial charge in [0.15, 0.2) is 0 Å². The van der Waals surface area contributed by atoms with Crippen molar-refractivity contribution in [2.24, 2.45) is 0 Å². The van der Waals surface area contributed by atoms with Crippen molar-refractivity contribution in [3.63, 3.8) is 0 Å². The summed E-state index contributed by atoms with van der Waals surface area (Å²) < 4.78 is 0. The number of aliphatic hydroxyl groups is 1. The first-order valence-corrected chi connectivity index (χ1v) is 5.40. The van der Waals surface area contributed by atoms with Crippen LogP contribution >= 0.6 is 11.6 Å². The van der Waals surface area contributed by atoms with E-state index in [1.807, 2.05) is 43.3 Å². The van der Waals surface area contributed by atoms with E-state index in [0.717, 1.165) is 21.4 Å². The van der Waals surface area contributed by atoms with Crippen LogP contribution in [0.4, 0.5) is 0 Å². The average Bonchev–Trinajstić information content (AvgIpc) is 2.28. The molecule has 15 heavy (non-hydrogen) atoms. The third kappa shape index (κ3) is 1.85. The molecule has 2 aromatic rings. The molecule has 0 aromatic heterocycles. The Morgan fingerprint density at radius 1 is 1.13 bits per heavy atom. The molecule has 0 aliphatic heterocycles. The maximum atomic E-state index is 9.18. The number of hydrogen-bond donors (Lipinski definition) is 1. The zero-order valence-electron chi connectivity index (χ0n) is 8.57. The lowest BCUT2D eigenvalue weighted by molar-refractivity contribution is 0.273. The highest BCUT2D eigenvalue weighted by molar-refractivity contribution is 6.35. The van der Waals surface area contributed by atoms with Gasteiger partial charge in [-0.15, -0.1) is 0 Å². The van der Waals surface area contributed by atoms with E-state index in [4.69, 9.17) is 11.6 Å². The molecule has 1 unspecified atom stereocenters. The largest absolute Gasteiger partial charge is 0.396 e. The molecule has 0 bridgehead atoms. The van der Waals surface area contributed by atoms with Gasteiger partial charge >= 0.3 is 0 Å². The first-order valence-electron chi connectivity index (χ1n) is 5.02. The molecule has 0 amide bonds. The molecule has 1 nitrogen and oxygen atoms in total. The van der Waals surface area contributed by atoms with Gasteiger partial charge in [-0.2, -0.15) is 0 Å². The highest BCUT2D eigenvalue weighted by Crippen LogP contribution is 2.29. The lowest BCUT2D eigenvalue weighted by Gasteiger charge is -2.12. The summed E-state index contributed by atoms with van der Waals surface area (Å²) in [5, 5.41) is 12.1. The molecule has 0 fully saturated rings. The Labute approximate surface area is 94.3 Å². The molecule has 0 aliphatic rings. The molecular formula is C13H13ClO. The van der Waals surface area contributed by atoms with Crippen LogP contribution in [0.3, 0.4) is 0 Å². The fraction of sp³-hybridized carbons (Fsp3) is 0.231. The fourth-order valence-corrected chi connectivity index (χ4v) is 2.06. The van der Waals surface area contributed by atoms with Crippen LogP contribution in [-0.4, -0.2) is 11.7 Å². The van der Waals surface area contributed by atoms with Crippen molar-refractivity contribution in [1.29, 1.82) is 0 Å². The first-order chi connectivity index (χ1) is 7.24. The standard InChI is InChI=1S/C13H13ClO/c1-9(8-15)10-4-2-6-12-11(10)5-3-7-13(12)14/h2-7,9,15H,8H2,1H3. The Kier molecular flexibility index (Phi) is 2.94. The van der Waals surface area contributed by atoms with Gasteiger partial charge in [-0.25, -0.2) is 0 Å². The summed E-state index contributed by atoms with van der Waals surface area (Å²) in [4.78, 5) is 0. The van der Waals surface area contributed by atoms with E-state index in [1.165, 1.54) is 0 Å². The van der Waals surface area contributed by atoms with E-state index < -0.39 is 0 Å². The van der Waals surface area contributed by atoms with Gasteiger partial charge in [0.25, 0.3) is 0 Å². The zero-order chi connectivity index (χ0) is 10.8. The third-order valence-electron chi connectivity index (χ3n) is 2.71. The molecule has 0 aliphatic carbocycles. The van der Waals surface area contributed by atoms with Gasteiger partial charge in [0.1, 0.15) is 0 Å². The summed E-state index contributed by atoms with van der Waals surface area (Å²) in [5.41, 5.74) is 1.15. The van der Waals surface area contributed by atoms with Crippen LogP contribution in [0, 0.1) is 0 Å². The number of rotatable bonds is 2. The van der Waals surface area contributed by atoms with Crippen molar-refractivity contribution >= 4 is 22.4 Å². The van der Waals surface area contributed by atoms with Crippen molar-refractivity contribution < 1.29 is 5.11 Å². The number of aliphatic hydroxyl groups excluding tert-OH is 1. The van der Waals surface area contributed by atoms with Crippen LogP contribution in [0.2, 0.25) is 5.02 Å². The SMILES string of the molecule is CC(CO)c1cccc2c(Cl)cccc12. The van der Waals surface area contributed by atoms with Crippen LogP contribution in [0.5, 0.6) is 0 Å². The third-order valence-corrected chi connectivity index (χ3v) is 3.04. The highest BCUT2D eigenvalue weighted by Gasteiger charge is 2.08. The van der Waals surface area contributed by atoms with Gasteiger partial charge in [-0.05, 0) is 17.0 Å². The van der Waals surface area contributed by atoms with Gasteiger partial charge in [0.2, 0.25) is 0 Å². The van der Waals surface area contributed by atoms with E-state index in [0.29, 0.717) is 0 Å². The zero-order valence-corrected chi connectivity index (χ0v) is 9.33. The van der Waals surface area contributed by atoms with Gasteiger partial charge in [-0.3, -0.25) is 0 Å². The summed E-state index contributed by atoms with van der Waals surface area (Å²) in [5.74, 6) is 0.146. The molecule has 1 atom stereocenters. The van der Waals surface area contributed by atoms with Gasteiger partial charge in [-0.1, -0.05) is 48.9 Å². The molecule has 0 saturated heterocycles. The maximum Gasteiger partial charge on any atom is 0.0497 e. The normalized spacial score (nSPS) is 13.0. The Morgan fingerprint density at radius 3 is 2.53 bits per heavy atom. The Balaban J connectivity index is 2.71. The average molecular weight is 221 g/mol. The van der Waals surface area contributed by atoms with Crippen LogP contribution in [0.25, 0.3) is 10.8 Å². The van der Waals surface area contributed by atoms with E-state index in [1.54, 1.807) is 0 Å². The Hall–Kier alpha value is -1.05. The maximum absolute atomic E-state index is 9.18. The van der Waals surface area contributed by atoms with Crippen molar-refractivity contribution in [1.82, 2.24) is 0 Å². The van der Waals surface area contributed by atoms with Crippen LogP contribution in [0.15, 0.2) is 36.4 Å². The lowest BCUT2D eigenvalue weighted by atomic mass is 9.95. The molecule has 1 N–H and O–H groups in total. The number of hydrogen-bond acceptors (Lipinski definition) is 1. The molecule has 0 radical (unpaired) electrons. The summed E-state index contributed by atoms with van der Waals surface area (Å²) in [6.45, 7) is 2.17. The molecule has 2 rings (SSSR count). The number of benzene rings is 2. The van der Waals surface area contributed by atoms with Gasteiger partial charge in [0, 0.05) is 22.9 Å². The van der Waals surface area contributed by atoms with E-state index in [-0.39, 0.29) is 12.5 Å². The van der Waals surface area contributed by atoms with Gasteiger partial charge in [0.05, 0.1) is 0 Å². The molecule has 2 aromatic carbocycles. The van der Waals surface area contributed by atoms with Crippen molar-refractivity contribution in [2.45, 2.75) is 12.8 Å². The Bertz CT molecular complexity index is 479. The van der Waals surface area contributed by atoms with Gasteiger partial charge < -0.3 is 5.11 Å². The second-order valence-electron chi connectivity index (χ2n) is 3.77. The number of halogens is 1. The highest BCUT2D eigenvalue weighted by atomic mass is 35.5. The first kappa shape index (κ1) is 10.5. The van der Waals surface area contributed by atoms with E-state index >= 15 is 0 Å². The summed E-state index contributed by atoms with van der Waals surface area (Å²) >= 11 is 6.11. The van der Waals surface area contributed by atoms with E-state index in [2.05, 4.69) is 0 Å². The predicted octanol–water partition coefficient (Wildman–Crippen LogP) is 3.59. The molecule has 78 valence electrons. The molecule has 0 saturated carbocycles.